The van der Waals surface area contributed by atoms with Gasteiger partial charge in [0.05, 0.1) is 12.2 Å². The highest BCUT2D eigenvalue weighted by atomic mass is 16.5. The molecule has 1 aliphatic heterocycles. The summed E-state index contributed by atoms with van der Waals surface area (Å²) in [6, 6.07) is 13.5. The van der Waals surface area contributed by atoms with Gasteiger partial charge in [-0.25, -0.2) is 5.48 Å². The van der Waals surface area contributed by atoms with Gasteiger partial charge in [-0.2, -0.15) is 0 Å². The van der Waals surface area contributed by atoms with Crippen LogP contribution in [0.25, 0.3) is 0 Å². The number of amides is 2. The van der Waals surface area contributed by atoms with Crippen molar-refractivity contribution in [1.82, 2.24) is 10.4 Å². The number of carbonyl (C=O) groups excluding carboxylic acids is 2. The third-order valence-electron chi connectivity index (χ3n) is 4.32. The number of nitrogens with one attached hydrogen (secondary N) is 1. The van der Waals surface area contributed by atoms with Crippen LogP contribution in [-0.2, 0) is 11.3 Å². The molecule has 2 aromatic carbocycles. The van der Waals surface area contributed by atoms with Gasteiger partial charge in [0.25, 0.3) is 11.8 Å². The lowest BCUT2D eigenvalue weighted by Crippen LogP contribution is -2.33. The molecular formula is C22H20N2O5. The van der Waals surface area contributed by atoms with Crippen molar-refractivity contribution in [2.24, 2.45) is 0 Å². The van der Waals surface area contributed by atoms with Gasteiger partial charge in [0.15, 0.2) is 12.4 Å². The summed E-state index contributed by atoms with van der Waals surface area (Å²) < 4.78 is 11.5. The molecule has 0 radical (unpaired) electrons. The molecule has 0 atom stereocenters. The van der Waals surface area contributed by atoms with E-state index in [9.17, 15) is 9.59 Å². The van der Waals surface area contributed by atoms with Gasteiger partial charge in [-0.15, -0.1) is 0 Å². The van der Waals surface area contributed by atoms with Crippen LogP contribution in [0.5, 0.6) is 11.5 Å². The van der Waals surface area contributed by atoms with E-state index >= 15 is 0 Å². The number of ether oxygens (including phenoxy) is 2. The Hall–Kier alpha value is -3.84. The molecule has 1 heterocycles. The largest absolute Gasteiger partial charge is 0.484 e. The van der Waals surface area contributed by atoms with Gasteiger partial charge in [0.2, 0.25) is 0 Å². The molecule has 7 nitrogen and oxygen atoms in total. The van der Waals surface area contributed by atoms with E-state index in [4.69, 9.17) is 14.7 Å². The first-order chi connectivity index (χ1) is 14.1. The zero-order valence-electron chi connectivity index (χ0n) is 15.6. The molecule has 0 aliphatic carbocycles. The number of nitrogens with zero attached hydrogens (tertiary/aromatic N) is 1. The Morgan fingerprint density at radius 1 is 1.14 bits per heavy atom. The quantitative estimate of drug-likeness (QED) is 0.582. The molecule has 3 rings (SSSR count). The predicted molar refractivity (Wildman–Crippen MR) is 106 cm³/mol. The van der Waals surface area contributed by atoms with Gasteiger partial charge in [0, 0.05) is 11.1 Å². The summed E-state index contributed by atoms with van der Waals surface area (Å²) in [5.41, 5.74) is 3.16. The van der Waals surface area contributed by atoms with E-state index in [0.29, 0.717) is 29.5 Å². The molecule has 0 saturated carbocycles. The maximum atomic E-state index is 12.9. The number of para-hydroxylation sites is 1. The average Bonchev–Trinajstić information content (AvgIpc) is 2.93. The molecular weight excluding hydrogens is 372 g/mol. The summed E-state index contributed by atoms with van der Waals surface area (Å²) >= 11 is 0. The van der Waals surface area contributed by atoms with Crippen LogP contribution >= 0.6 is 0 Å². The van der Waals surface area contributed by atoms with E-state index in [2.05, 4.69) is 13.2 Å². The van der Waals surface area contributed by atoms with Crippen molar-refractivity contribution in [3.63, 3.8) is 0 Å². The van der Waals surface area contributed by atoms with Gasteiger partial charge < -0.3 is 14.4 Å². The molecule has 29 heavy (non-hydrogen) atoms. The lowest BCUT2D eigenvalue weighted by atomic mass is 10.2. The number of hydrogen-bond acceptors (Lipinski definition) is 5. The second kappa shape index (κ2) is 8.90. The van der Waals surface area contributed by atoms with Crippen LogP contribution in [-0.4, -0.2) is 28.5 Å². The van der Waals surface area contributed by atoms with Gasteiger partial charge in [-0.05, 0) is 42.5 Å². The number of carbonyl (C=O) groups is 2. The zero-order chi connectivity index (χ0) is 20.8. The Labute approximate surface area is 168 Å². The molecule has 2 N–H and O–H groups in total. The summed E-state index contributed by atoms with van der Waals surface area (Å²) in [4.78, 5) is 25.8. The summed E-state index contributed by atoms with van der Waals surface area (Å²) in [6.45, 7) is 7.63. The number of rotatable bonds is 6. The van der Waals surface area contributed by atoms with E-state index < -0.39 is 5.91 Å². The molecule has 2 amide bonds. The fraction of sp³-hybridized carbons (Fsp3) is 0.0909. The normalized spacial score (nSPS) is 12.9. The number of fused-ring (bicyclic) bond motifs is 1. The minimum atomic E-state index is -0.631. The highest BCUT2D eigenvalue weighted by Crippen LogP contribution is 2.30. The van der Waals surface area contributed by atoms with Crippen LogP contribution in [0.3, 0.4) is 0 Å². The minimum absolute atomic E-state index is 0.227. The molecule has 148 valence electrons. The van der Waals surface area contributed by atoms with E-state index in [-0.39, 0.29) is 18.1 Å². The van der Waals surface area contributed by atoms with Crippen LogP contribution in [0.2, 0.25) is 0 Å². The van der Waals surface area contributed by atoms with Crippen molar-refractivity contribution in [3.8, 4) is 11.5 Å². The maximum absolute atomic E-state index is 12.9. The average molecular weight is 392 g/mol. The van der Waals surface area contributed by atoms with Crippen LogP contribution < -0.4 is 15.0 Å². The van der Waals surface area contributed by atoms with E-state index in [1.165, 1.54) is 35.2 Å². The predicted octanol–water partition coefficient (Wildman–Crippen LogP) is 3.19. The fourth-order valence-electron chi connectivity index (χ4n) is 2.86. The summed E-state index contributed by atoms with van der Waals surface area (Å²) in [5.74, 6) is 0.561. The first kappa shape index (κ1) is 19.9. The van der Waals surface area contributed by atoms with E-state index in [1.54, 1.807) is 11.6 Å². The Balaban J connectivity index is 1.78. The second-order valence-corrected chi connectivity index (χ2v) is 6.10. The minimum Gasteiger partial charge on any atom is -0.484 e. The molecule has 2 aromatic rings. The third-order valence-corrected chi connectivity index (χ3v) is 4.32. The lowest BCUT2D eigenvalue weighted by Gasteiger charge is -2.22. The summed E-state index contributed by atoms with van der Waals surface area (Å²) in [7, 11) is 0. The first-order valence-electron chi connectivity index (χ1n) is 8.80. The molecule has 1 aliphatic rings. The Bertz CT molecular complexity index is 979. The fourth-order valence-corrected chi connectivity index (χ4v) is 2.86. The maximum Gasteiger partial charge on any atom is 0.274 e. The van der Waals surface area contributed by atoms with Crippen molar-refractivity contribution >= 4 is 11.8 Å². The Morgan fingerprint density at radius 3 is 2.52 bits per heavy atom. The molecule has 0 fully saturated rings. The number of allylic oxidation sites excluding steroid dienone is 2. The van der Waals surface area contributed by atoms with E-state index in [1.807, 2.05) is 24.3 Å². The van der Waals surface area contributed by atoms with Crippen molar-refractivity contribution in [2.45, 2.75) is 6.54 Å². The van der Waals surface area contributed by atoms with Crippen molar-refractivity contribution in [3.05, 3.63) is 96.4 Å². The molecule has 7 heteroatoms. The molecule has 0 bridgehead atoms. The van der Waals surface area contributed by atoms with Gasteiger partial charge >= 0.3 is 0 Å². The summed E-state index contributed by atoms with van der Waals surface area (Å²) in [5, 5.41) is 8.65. The second-order valence-electron chi connectivity index (χ2n) is 6.10. The van der Waals surface area contributed by atoms with Gasteiger partial charge in [-0.3, -0.25) is 14.8 Å². The van der Waals surface area contributed by atoms with Crippen molar-refractivity contribution in [1.29, 1.82) is 0 Å². The van der Waals surface area contributed by atoms with Crippen molar-refractivity contribution < 1.29 is 24.3 Å². The lowest BCUT2D eigenvalue weighted by molar-refractivity contribution is -0.131. The number of hydrogen-bond donors (Lipinski definition) is 2. The molecule has 0 unspecified atom stereocenters. The van der Waals surface area contributed by atoms with Crippen LogP contribution in [0.4, 0.5) is 0 Å². The van der Waals surface area contributed by atoms with Gasteiger partial charge in [0.1, 0.15) is 11.5 Å². The van der Waals surface area contributed by atoms with Crippen molar-refractivity contribution in [2.75, 3.05) is 6.61 Å². The van der Waals surface area contributed by atoms with Gasteiger partial charge in [-0.1, -0.05) is 31.4 Å². The highest BCUT2D eigenvalue weighted by molar-refractivity contribution is 5.93. The Kier molecular flexibility index (Phi) is 6.11. The number of benzene rings is 2. The third kappa shape index (κ3) is 4.36. The van der Waals surface area contributed by atoms with Crippen LogP contribution in [0.1, 0.15) is 15.9 Å². The molecule has 0 saturated heterocycles. The standard InChI is InChI=1S/C22H20N2O5/c1-3-18-19(4-2)29-20-8-6-5-7-16(20)13-24(18)21(25)14-28-17-11-9-15(10-12-17)22(26)23-27/h3-12,27H,1-2,13-14H2,(H,23,26). The molecule has 0 spiro atoms. The van der Waals surface area contributed by atoms with Crippen LogP contribution in [0, 0.1) is 0 Å². The van der Waals surface area contributed by atoms with E-state index in [0.717, 1.165) is 5.56 Å². The topological polar surface area (TPSA) is 88.1 Å². The first-order valence-corrected chi connectivity index (χ1v) is 8.80. The monoisotopic (exact) mass is 392 g/mol. The highest BCUT2D eigenvalue weighted by Gasteiger charge is 2.25. The smallest absolute Gasteiger partial charge is 0.274 e. The molecule has 0 aromatic heterocycles. The SMILES string of the molecule is C=CC1=C(C=C)N(C(=O)COc2ccc(C(=O)NO)cc2)Cc2ccccc2O1. The number of hydroxylamine groups is 1. The zero-order valence-corrected chi connectivity index (χ0v) is 15.6. The van der Waals surface area contributed by atoms with Crippen LogP contribution in [0.15, 0.2) is 85.3 Å². The summed E-state index contributed by atoms with van der Waals surface area (Å²) in [6.07, 6.45) is 3.08. The Morgan fingerprint density at radius 2 is 1.86 bits per heavy atom.